The number of hydrogen-bond donors (Lipinski definition) is 1. The van der Waals surface area contributed by atoms with E-state index in [-0.39, 0.29) is 0 Å². The maximum Gasteiger partial charge on any atom is 0.380 e. The number of aliphatic hydroxyl groups is 1. The zero-order valence-electron chi connectivity index (χ0n) is 8.53. The normalized spacial score (nSPS) is 15.9. The Morgan fingerprint density at radius 1 is 1.11 bits per heavy atom. The number of alkyl halides is 8. The van der Waals surface area contributed by atoms with Crippen molar-refractivity contribution in [2.45, 2.75) is 30.5 Å². The summed E-state index contributed by atoms with van der Waals surface area (Å²) in [5.74, 6) is -18.2. The van der Waals surface area contributed by atoms with E-state index < -0.39 is 37.1 Å². The molecule has 108 valence electrons. The third-order valence-corrected chi connectivity index (χ3v) is 1.79. The van der Waals surface area contributed by atoms with Gasteiger partial charge in [0.15, 0.2) is 6.29 Å². The lowest BCUT2D eigenvalue weighted by molar-refractivity contribution is -0.349. The van der Waals surface area contributed by atoms with Gasteiger partial charge >= 0.3 is 24.2 Å². The van der Waals surface area contributed by atoms with Crippen LogP contribution >= 0.6 is 0 Å². The minimum atomic E-state index is -6.34. The molecule has 0 aromatic rings. The Balaban J connectivity index is 5.01. The molecule has 0 saturated heterocycles. The van der Waals surface area contributed by atoms with Gasteiger partial charge < -0.3 is 9.84 Å². The van der Waals surface area contributed by atoms with Gasteiger partial charge in [0.2, 0.25) is 0 Å². The van der Waals surface area contributed by atoms with Crippen LogP contribution in [0.2, 0.25) is 0 Å². The van der Waals surface area contributed by atoms with Crippen LogP contribution in [0.25, 0.3) is 0 Å². The molecule has 0 spiro atoms. The van der Waals surface area contributed by atoms with Crippen molar-refractivity contribution in [2.75, 3.05) is 6.61 Å². The van der Waals surface area contributed by atoms with Crippen LogP contribution in [0.3, 0.4) is 0 Å². The van der Waals surface area contributed by atoms with Gasteiger partial charge in [0.1, 0.15) is 6.61 Å². The van der Waals surface area contributed by atoms with E-state index in [0.717, 1.165) is 0 Å². The molecular formula is C8H8F8O2. The van der Waals surface area contributed by atoms with E-state index in [9.17, 15) is 35.1 Å². The van der Waals surface area contributed by atoms with Crippen molar-refractivity contribution >= 4 is 0 Å². The highest BCUT2D eigenvalue weighted by molar-refractivity contribution is 4.98. The molecule has 18 heavy (non-hydrogen) atoms. The average Bonchev–Trinajstić information content (AvgIpc) is 2.25. The Morgan fingerprint density at radius 2 is 1.56 bits per heavy atom. The second-order valence-corrected chi connectivity index (χ2v) is 3.14. The number of aliphatic hydroxyl groups excluding tert-OH is 1. The first-order valence-corrected chi connectivity index (χ1v) is 4.24. The van der Waals surface area contributed by atoms with Crippen molar-refractivity contribution in [3.63, 3.8) is 0 Å². The minimum absolute atomic E-state index is 0.499. The summed E-state index contributed by atoms with van der Waals surface area (Å²) in [5.41, 5.74) is 0. The van der Waals surface area contributed by atoms with Crippen molar-refractivity contribution in [3.05, 3.63) is 12.7 Å². The molecule has 0 aromatic heterocycles. The molecule has 0 rings (SSSR count). The van der Waals surface area contributed by atoms with Gasteiger partial charge in [-0.1, -0.05) is 6.58 Å². The fourth-order valence-corrected chi connectivity index (χ4v) is 0.730. The minimum Gasteiger partial charge on any atom is -0.365 e. The highest BCUT2D eigenvalue weighted by Gasteiger charge is 2.75. The predicted octanol–water partition coefficient (Wildman–Crippen LogP) is 2.68. The van der Waals surface area contributed by atoms with E-state index in [4.69, 9.17) is 5.11 Å². The Kier molecular flexibility index (Phi) is 5.12. The lowest BCUT2D eigenvalue weighted by Gasteiger charge is -2.32. The third kappa shape index (κ3) is 3.10. The van der Waals surface area contributed by atoms with Crippen LogP contribution in [0, 0.1) is 0 Å². The maximum atomic E-state index is 12.7. The molecular weight excluding hydrogens is 280 g/mol. The number of rotatable bonds is 7. The Bertz CT molecular complexity index is 291. The summed E-state index contributed by atoms with van der Waals surface area (Å²) in [4.78, 5) is 0. The van der Waals surface area contributed by atoms with Crippen LogP contribution in [-0.2, 0) is 4.74 Å². The van der Waals surface area contributed by atoms with E-state index in [1.165, 1.54) is 0 Å². The first-order chi connectivity index (χ1) is 7.90. The van der Waals surface area contributed by atoms with Crippen molar-refractivity contribution in [3.8, 4) is 0 Å². The summed E-state index contributed by atoms with van der Waals surface area (Å²) < 4.78 is 102. The van der Waals surface area contributed by atoms with Gasteiger partial charge in [0, 0.05) is 0 Å². The van der Waals surface area contributed by atoms with Gasteiger partial charge in [-0.3, -0.25) is 0 Å². The molecule has 10 heteroatoms. The van der Waals surface area contributed by atoms with Crippen LogP contribution in [0.1, 0.15) is 0 Å². The molecule has 0 fully saturated rings. The fourth-order valence-electron chi connectivity index (χ4n) is 0.730. The molecule has 1 N–H and O–H groups in total. The molecule has 0 aromatic carbocycles. The lowest BCUT2D eigenvalue weighted by Crippen LogP contribution is -2.59. The summed E-state index contributed by atoms with van der Waals surface area (Å²) >= 11 is 0. The van der Waals surface area contributed by atoms with E-state index >= 15 is 0 Å². The molecule has 0 aliphatic carbocycles. The predicted molar refractivity (Wildman–Crippen MR) is 43.0 cm³/mol. The summed E-state index contributed by atoms with van der Waals surface area (Å²) in [5, 5.41) is 8.54. The smallest absolute Gasteiger partial charge is 0.365 e. The number of ether oxygens (including phenoxy) is 1. The topological polar surface area (TPSA) is 29.5 Å². The van der Waals surface area contributed by atoms with Crippen molar-refractivity contribution < 1.29 is 45.0 Å². The number of halogens is 8. The molecule has 0 saturated carbocycles. The van der Waals surface area contributed by atoms with Crippen molar-refractivity contribution in [1.29, 1.82) is 0 Å². The molecule has 2 nitrogen and oxygen atoms in total. The van der Waals surface area contributed by atoms with Gasteiger partial charge in [-0.2, -0.15) is 26.3 Å². The van der Waals surface area contributed by atoms with Crippen LogP contribution in [0.4, 0.5) is 35.1 Å². The molecule has 0 aliphatic heterocycles. The van der Waals surface area contributed by atoms with E-state index in [0.29, 0.717) is 6.08 Å². The SMILES string of the molecule is C=CC(O)OCC(F)(F)C(F)(F)C(F)(F)C(F)F. The third-order valence-electron chi connectivity index (χ3n) is 1.79. The van der Waals surface area contributed by atoms with Gasteiger partial charge in [-0.25, -0.2) is 8.78 Å². The van der Waals surface area contributed by atoms with Gasteiger partial charge in [-0.05, 0) is 6.08 Å². The molecule has 1 atom stereocenters. The molecule has 0 amide bonds. The molecule has 0 radical (unpaired) electrons. The summed E-state index contributed by atoms with van der Waals surface area (Å²) in [7, 11) is 0. The zero-order chi connectivity index (χ0) is 14.8. The van der Waals surface area contributed by atoms with Crippen LogP contribution in [0.15, 0.2) is 12.7 Å². The molecule has 0 heterocycles. The quantitative estimate of drug-likeness (QED) is 0.443. The zero-order valence-corrected chi connectivity index (χ0v) is 8.53. The monoisotopic (exact) mass is 288 g/mol. The van der Waals surface area contributed by atoms with Crippen LogP contribution in [0.5, 0.6) is 0 Å². The fraction of sp³-hybridized carbons (Fsp3) is 0.750. The Hall–Kier alpha value is -0.900. The second-order valence-electron chi connectivity index (χ2n) is 3.14. The van der Waals surface area contributed by atoms with Gasteiger partial charge in [-0.15, -0.1) is 0 Å². The van der Waals surface area contributed by atoms with Crippen molar-refractivity contribution in [2.24, 2.45) is 0 Å². The van der Waals surface area contributed by atoms with Crippen LogP contribution < -0.4 is 0 Å². The van der Waals surface area contributed by atoms with E-state index in [1.807, 2.05) is 0 Å². The average molecular weight is 288 g/mol. The highest BCUT2D eigenvalue weighted by atomic mass is 19.4. The Morgan fingerprint density at radius 3 is 1.89 bits per heavy atom. The number of hydrogen-bond acceptors (Lipinski definition) is 2. The lowest BCUT2D eigenvalue weighted by atomic mass is 10.1. The maximum absolute atomic E-state index is 12.7. The molecule has 0 bridgehead atoms. The largest absolute Gasteiger partial charge is 0.380 e. The second kappa shape index (κ2) is 5.39. The molecule has 1 unspecified atom stereocenters. The summed E-state index contributed by atoms with van der Waals surface area (Å²) in [6.45, 7) is 0.445. The van der Waals surface area contributed by atoms with E-state index in [1.54, 1.807) is 0 Å². The van der Waals surface area contributed by atoms with Gasteiger partial charge in [0.25, 0.3) is 0 Å². The van der Waals surface area contributed by atoms with E-state index in [2.05, 4.69) is 11.3 Å². The van der Waals surface area contributed by atoms with Crippen molar-refractivity contribution in [1.82, 2.24) is 0 Å². The summed E-state index contributed by atoms with van der Waals surface area (Å²) in [6.07, 6.45) is -6.60. The highest BCUT2D eigenvalue weighted by Crippen LogP contribution is 2.48. The first-order valence-electron chi connectivity index (χ1n) is 4.24. The standard InChI is InChI=1S/C8H8F8O2/c1-2-4(17)18-3-6(11,12)8(15,16)7(13,14)5(9)10/h2,4-5,17H,1,3H2. The first kappa shape index (κ1) is 17.1. The van der Waals surface area contributed by atoms with Crippen LogP contribution in [-0.4, -0.2) is 42.2 Å². The molecule has 0 aliphatic rings. The van der Waals surface area contributed by atoms with Gasteiger partial charge in [0.05, 0.1) is 0 Å². The summed E-state index contributed by atoms with van der Waals surface area (Å²) in [6, 6.07) is 0. The Labute approximate surface area is 95.8 Å².